The Labute approximate surface area is 113 Å². The van der Waals surface area contributed by atoms with Gasteiger partial charge in [0.25, 0.3) is 0 Å². The topological polar surface area (TPSA) is 24.4 Å². The van der Waals surface area contributed by atoms with E-state index in [4.69, 9.17) is 4.99 Å². The fourth-order valence-electron chi connectivity index (χ4n) is 2.60. The molecule has 2 nitrogen and oxygen atoms in total. The van der Waals surface area contributed by atoms with Crippen LogP contribution >= 0.6 is 22.6 Å². The summed E-state index contributed by atoms with van der Waals surface area (Å²) in [6, 6.07) is 0. The summed E-state index contributed by atoms with van der Waals surface area (Å²) in [6.45, 7) is 10.5. The van der Waals surface area contributed by atoms with E-state index >= 15 is 0 Å². The molecule has 1 N–H and O–H groups in total. The molecule has 1 aliphatic carbocycles. The first-order chi connectivity index (χ1) is 7.50. The first-order valence-corrected chi connectivity index (χ1v) is 7.23. The lowest BCUT2D eigenvalue weighted by molar-refractivity contribution is 0.322. The zero-order chi connectivity index (χ0) is 12.1. The van der Waals surface area contributed by atoms with Crippen LogP contribution in [0.1, 0.15) is 46.5 Å². The largest absolute Gasteiger partial charge is 0.360 e. The average molecular weight is 334 g/mol. The number of hydrogen-bond donors (Lipinski definition) is 1. The highest BCUT2D eigenvalue weighted by molar-refractivity contribution is 14.1. The highest BCUT2D eigenvalue weighted by Gasteiger charge is 2.23. The van der Waals surface area contributed by atoms with E-state index in [9.17, 15) is 0 Å². The Bertz CT molecular complexity index is 273. The van der Waals surface area contributed by atoms with Gasteiger partial charge in [-0.15, -0.1) is 0 Å². The average Bonchev–Trinajstić information content (AvgIpc) is 2.16. The number of halogens is 1. The van der Waals surface area contributed by atoms with Crippen LogP contribution in [0.3, 0.4) is 0 Å². The van der Waals surface area contributed by atoms with Gasteiger partial charge in [-0.25, -0.2) is 0 Å². The molecule has 0 spiro atoms. The van der Waals surface area contributed by atoms with Gasteiger partial charge in [0.05, 0.1) is 3.70 Å². The third kappa shape index (κ3) is 4.44. The smallest absolute Gasteiger partial charge is 0.116 e. The van der Waals surface area contributed by atoms with Crippen LogP contribution in [0.4, 0.5) is 0 Å². The standard InChI is InChI=1S/C13H23IN2/c1-9-7-5-6-8-13(9)10(2)15-12(4)16-11(3)14/h9,12-13,16H,3,5-8H2,1-2,4H3/b15-10+. The maximum absolute atomic E-state index is 4.73. The van der Waals surface area contributed by atoms with Gasteiger partial charge >= 0.3 is 0 Å². The van der Waals surface area contributed by atoms with Crippen molar-refractivity contribution < 1.29 is 0 Å². The van der Waals surface area contributed by atoms with Crippen LogP contribution in [0.15, 0.2) is 15.3 Å². The van der Waals surface area contributed by atoms with Crippen LogP contribution in [0.5, 0.6) is 0 Å². The molecule has 0 heterocycles. The van der Waals surface area contributed by atoms with Gasteiger partial charge in [-0.3, -0.25) is 4.99 Å². The maximum Gasteiger partial charge on any atom is 0.116 e. The van der Waals surface area contributed by atoms with E-state index < -0.39 is 0 Å². The van der Waals surface area contributed by atoms with Crippen molar-refractivity contribution in [3.63, 3.8) is 0 Å². The third-order valence-corrected chi connectivity index (χ3v) is 3.72. The van der Waals surface area contributed by atoms with Crippen molar-refractivity contribution in [3.8, 4) is 0 Å². The van der Waals surface area contributed by atoms with E-state index in [0.29, 0.717) is 5.92 Å². The van der Waals surface area contributed by atoms with Crippen LogP contribution in [-0.2, 0) is 0 Å². The summed E-state index contributed by atoms with van der Waals surface area (Å²) in [4.78, 5) is 4.73. The molecule has 1 saturated carbocycles. The second-order valence-electron chi connectivity index (χ2n) is 4.86. The zero-order valence-electron chi connectivity index (χ0n) is 10.6. The second kappa shape index (κ2) is 6.62. The van der Waals surface area contributed by atoms with Crippen molar-refractivity contribution in [1.82, 2.24) is 5.32 Å². The van der Waals surface area contributed by atoms with Crippen molar-refractivity contribution in [3.05, 3.63) is 10.3 Å². The highest BCUT2D eigenvalue weighted by atomic mass is 127. The summed E-state index contributed by atoms with van der Waals surface area (Å²) in [6.07, 6.45) is 5.58. The molecule has 0 aliphatic heterocycles. The van der Waals surface area contributed by atoms with E-state index in [1.165, 1.54) is 31.4 Å². The summed E-state index contributed by atoms with van der Waals surface area (Å²) < 4.78 is 0.957. The van der Waals surface area contributed by atoms with Gasteiger partial charge in [0, 0.05) is 5.71 Å². The van der Waals surface area contributed by atoms with Crippen LogP contribution < -0.4 is 5.32 Å². The molecule has 0 bridgehead atoms. The van der Waals surface area contributed by atoms with Crippen molar-refractivity contribution in [2.24, 2.45) is 16.8 Å². The summed E-state index contributed by atoms with van der Waals surface area (Å²) in [5.41, 5.74) is 1.31. The molecule has 92 valence electrons. The van der Waals surface area contributed by atoms with Crippen molar-refractivity contribution in [2.75, 3.05) is 0 Å². The Kier molecular flexibility index (Phi) is 5.79. The first-order valence-electron chi connectivity index (χ1n) is 6.16. The van der Waals surface area contributed by atoms with Crippen molar-refractivity contribution in [2.45, 2.75) is 52.6 Å². The molecule has 3 atom stereocenters. The van der Waals surface area contributed by atoms with Crippen molar-refractivity contribution >= 4 is 28.3 Å². The van der Waals surface area contributed by atoms with Gasteiger partial charge in [0.2, 0.25) is 0 Å². The SMILES string of the molecule is C=C(I)NC(C)/N=C(\C)C1CCCCC1C. The minimum atomic E-state index is 0.151. The molecule has 0 amide bonds. The number of nitrogens with zero attached hydrogens (tertiary/aromatic N) is 1. The Balaban J connectivity index is 2.57. The Morgan fingerprint density at radius 3 is 2.62 bits per heavy atom. The van der Waals surface area contributed by atoms with Gasteiger partial charge in [-0.05, 0) is 54.7 Å². The van der Waals surface area contributed by atoms with E-state index in [1.54, 1.807) is 0 Å². The Morgan fingerprint density at radius 2 is 2.06 bits per heavy atom. The lowest BCUT2D eigenvalue weighted by Crippen LogP contribution is -2.27. The fraction of sp³-hybridized carbons (Fsp3) is 0.769. The third-order valence-electron chi connectivity index (χ3n) is 3.41. The molecule has 0 aromatic rings. The van der Waals surface area contributed by atoms with Crippen LogP contribution in [0.2, 0.25) is 0 Å². The molecule has 0 aromatic carbocycles. The molecule has 0 radical (unpaired) electrons. The molecule has 1 aliphatic rings. The molecule has 1 rings (SSSR count). The number of hydrogen-bond acceptors (Lipinski definition) is 2. The molecule has 3 heteroatoms. The van der Waals surface area contributed by atoms with Crippen LogP contribution in [0.25, 0.3) is 0 Å². The van der Waals surface area contributed by atoms with Gasteiger partial charge in [-0.1, -0.05) is 32.8 Å². The number of rotatable bonds is 4. The molecule has 16 heavy (non-hydrogen) atoms. The summed E-state index contributed by atoms with van der Waals surface area (Å²) in [5, 5.41) is 3.23. The molecule has 0 saturated heterocycles. The minimum absolute atomic E-state index is 0.151. The summed E-state index contributed by atoms with van der Waals surface area (Å²) in [5.74, 6) is 1.49. The van der Waals surface area contributed by atoms with Crippen LogP contribution in [-0.4, -0.2) is 11.9 Å². The van der Waals surface area contributed by atoms with E-state index in [-0.39, 0.29) is 6.17 Å². The first kappa shape index (κ1) is 14.0. The predicted octanol–water partition coefficient (Wildman–Crippen LogP) is 4.12. The minimum Gasteiger partial charge on any atom is -0.360 e. The lowest BCUT2D eigenvalue weighted by atomic mass is 9.78. The normalized spacial score (nSPS) is 28.6. The van der Waals surface area contributed by atoms with Gasteiger partial charge < -0.3 is 5.32 Å². The van der Waals surface area contributed by atoms with E-state index in [0.717, 1.165) is 9.62 Å². The number of nitrogens with one attached hydrogen (secondary N) is 1. The van der Waals surface area contributed by atoms with E-state index in [2.05, 4.69) is 55.3 Å². The molecule has 1 fully saturated rings. The van der Waals surface area contributed by atoms with E-state index in [1.807, 2.05) is 0 Å². The van der Waals surface area contributed by atoms with Gasteiger partial charge in [0.1, 0.15) is 6.17 Å². The van der Waals surface area contributed by atoms with Gasteiger partial charge in [0.15, 0.2) is 0 Å². The monoisotopic (exact) mass is 334 g/mol. The zero-order valence-corrected chi connectivity index (χ0v) is 12.8. The number of aliphatic imine (C=N–C) groups is 1. The lowest BCUT2D eigenvalue weighted by Gasteiger charge is -2.29. The molecule has 0 aromatic heterocycles. The maximum atomic E-state index is 4.73. The molecular formula is C13H23IN2. The summed E-state index contributed by atoms with van der Waals surface area (Å²) >= 11 is 2.19. The Morgan fingerprint density at radius 1 is 1.44 bits per heavy atom. The highest BCUT2D eigenvalue weighted by Crippen LogP contribution is 2.30. The predicted molar refractivity (Wildman–Crippen MR) is 80.0 cm³/mol. The summed E-state index contributed by atoms with van der Waals surface area (Å²) in [7, 11) is 0. The quantitative estimate of drug-likeness (QED) is 0.467. The van der Waals surface area contributed by atoms with Gasteiger partial charge in [-0.2, -0.15) is 0 Å². The molecule has 3 unspecified atom stereocenters. The second-order valence-corrected chi connectivity index (χ2v) is 6.17. The van der Waals surface area contributed by atoms with Crippen LogP contribution in [0, 0.1) is 11.8 Å². The van der Waals surface area contributed by atoms with Crippen molar-refractivity contribution in [1.29, 1.82) is 0 Å². The fourth-order valence-corrected chi connectivity index (χ4v) is 3.05. The Hall–Kier alpha value is -0.0600. The molecular weight excluding hydrogens is 311 g/mol.